The summed E-state index contributed by atoms with van der Waals surface area (Å²) in [5.41, 5.74) is 3.08. The van der Waals surface area contributed by atoms with Gasteiger partial charge >= 0.3 is 5.97 Å². The van der Waals surface area contributed by atoms with Gasteiger partial charge in [0.2, 0.25) is 5.91 Å². The number of amidine groups is 1. The number of rotatable bonds is 5. The molecule has 1 fully saturated rings. The van der Waals surface area contributed by atoms with Gasteiger partial charge in [-0.3, -0.25) is 9.69 Å². The molecule has 2 heterocycles. The molecular formula is C23H28N2O3S. The molecule has 1 saturated heterocycles. The lowest BCUT2D eigenvalue weighted by atomic mass is 9.85. The number of hydrogen-bond acceptors (Lipinski definition) is 5. The van der Waals surface area contributed by atoms with E-state index >= 15 is 0 Å². The molecule has 6 heteroatoms. The van der Waals surface area contributed by atoms with Crippen molar-refractivity contribution in [1.82, 2.24) is 4.90 Å². The molecule has 1 aromatic carbocycles. The number of carbonyl (C=O) groups is 2. The van der Waals surface area contributed by atoms with Gasteiger partial charge in [-0.2, -0.15) is 0 Å². The molecule has 1 aromatic rings. The summed E-state index contributed by atoms with van der Waals surface area (Å²) in [5, 5.41) is 0.478. The predicted molar refractivity (Wildman–Crippen MR) is 118 cm³/mol. The Kier molecular flexibility index (Phi) is 6.03. The van der Waals surface area contributed by atoms with Crippen LogP contribution in [0.1, 0.15) is 58.2 Å². The minimum atomic E-state index is -0.537. The van der Waals surface area contributed by atoms with Gasteiger partial charge in [0, 0.05) is 0 Å². The van der Waals surface area contributed by atoms with Crippen molar-refractivity contribution < 1.29 is 14.3 Å². The third-order valence-electron chi connectivity index (χ3n) is 5.17. The van der Waals surface area contributed by atoms with Gasteiger partial charge in [0.15, 0.2) is 5.17 Å². The van der Waals surface area contributed by atoms with E-state index in [1.54, 1.807) is 11.8 Å². The second-order valence-corrected chi connectivity index (χ2v) is 9.45. The third-order valence-corrected chi connectivity index (χ3v) is 6.49. The first-order chi connectivity index (χ1) is 13.7. The van der Waals surface area contributed by atoms with Gasteiger partial charge in [-0.1, -0.05) is 76.4 Å². The van der Waals surface area contributed by atoms with E-state index in [9.17, 15) is 9.59 Å². The van der Waals surface area contributed by atoms with Gasteiger partial charge in [0.05, 0.1) is 22.6 Å². The van der Waals surface area contributed by atoms with Crippen molar-refractivity contribution >= 4 is 28.8 Å². The summed E-state index contributed by atoms with van der Waals surface area (Å²) in [6.45, 7) is 14.0. The van der Waals surface area contributed by atoms with E-state index in [0.29, 0.717) is 22.9 Å². The maximum atomic E-state index is 13.1. The number of fused-ring (bicyclic) bond motifs is 1. The third kappa shape index (κ3) is 4.04. The summed E-state index contributed by atoms with van der Waals surface area (Å²) >= 11 is 1.47. The molecule has 0 N–H and O–H groups in total. The first kappa shape index (κ1) is 21.4. The predicted octanol–water partition coefficient (Wildman–Crippen LogP) is 4.75. The van der Waals surface area contributed by atoms with Gasteiger partial charge in [-0.25, -0.2) is 9.79 Å². The van der Waals surface area contributed by atoms with Crippen molar-refractivity contribution in [2.75, 3.05) is 6.61 Å². The second kappa shape index (κ2) is 8.19. The summed E-state index contributed by atoms with van der Waals surface area (Å²) in [4.78, 5) is 32.2. The van der Waals surface area contributed by atoms with Crippen molar-refractivity contribution in [2.24, 2.45) is 4.99 Å². The van der Waals surface area contributed by atoms with Gasteiger partial charge in [0.25, 0.3) is 0 Å². The lowest BCUT2D eigenvalue weighted by Crippen LogP contribution is -2.40. The zero-order valence-corrected chi connectivity index (χ0v) is 18.5. The minimum absolute atomic E-state index is 0.0114. The minimum Gasteiger partial charge on any atom is -0.458 e. The molecule has 2 atom stereocenters. The number of allylic oxidation sites excluding steroid dienone is 1. The Labute approximate surface area is 176 Å². The average molecular weight is 413 g/mol. The number of ether oxygens (including phenoxy) is 1. The molecular weight excluding hydrogens is 384 g/mol. The van der Waals surface area contributed by atoms with Crippen LogP contribution in [0.4, 0.5) is 0 Å². The zero-order chi connectivity index (χ0) is 21.3. The lowest BCUT2D eigenvalue weighted by Gasteiger charge is -2.33. The van der Waals surface area contributed by atoms with Crippen molar-refractivity contribution in [3.8, 4) is 0 Å². The Hall–Kier alpha value is -2.34. The van der Waals surface area contributed by atoms with Crippen LogP contribution in [0.15, 0.2) is 53.2 Å². The topological polar surface area (TPSA) is 59.0 Å². The summed E-state index contributed by atoms with van der Waals surface area (Å²) in [6, 6.07) is 7.59. The fourth-order valence-corrected chi connectivity index (χ4v) is 4.68. The van der Waals surface area contributed by atoms with Crippen LogP contribution in [-0.2, 0) is 19.7 Å². The van der Waals surface area contributed by atoms with Crippen LogP contribution in [0, 0.1) is 0 Å². The summed E-state index contributed by atoms with van der Waals surface area (Å²) < 4.78 is 5.34. The highest BCUT2D eigenvalue weighted by atomic mass is 32.2. The summed E-state index contributed by atoms with van der Waals surface area (Å²) in [6.07, 6.45) is 2.24. The molecule has 0 spiro atoms. The Morgan fingerprint density at radius 1 is 1.31 bits per heavy atom. The number of aliphatic imine (C=N–C) groups is 1. The second-order valence-electron chi connectivity index (χ2n) is 8.28. The maximum Gasteiger partial charge on any atom is 0.338 e. The number of hydrogen-bond donors (Lipinski definition) is 0. The molecule has 1 amide bonds. The molecule has 0 aromatic heterocycles. The van der Waals surface area contributed by atoms with Crippen molar-refractivity contribution in [1.29, 1.82) is 0 Å². The highest BCUT2D eigenvalue weighted by Gasteiger charge is 2.47. The normalized spacial score (nSPS) is 21.8. The number of benzene rings is 1. The van der Waals surface area contributed by atoms with Gasteiger partial charge in [-0.05, 0) is 29.9 Å². The molecule has 5 nitrogen and oxygen atoms in total. The quantitative estimate of drug-likeness (QED) is 0.517. The van der Waals surface area contributed by atoms with Crippen LogP contribution >= 0.6 is 11.8 Å². The average Bonchev–Trinajstić information content (AvgIpc) is 2.99. The highest BCUT2D eigenvalue weighted by Crippen LogP contribution is 2.44. The van der Waals surface area contributed by atoms with Crippen LogP contribution in [0.5, 0.6) is 0 Å². The van der Waals surface area contributed by atoms with E-state index in [4.69, 9.17) is 4.74 Å². The van der Waals surface area contributed by atoms with Gasteiger partial charge in [0.1, 0.15) is 6.61 Å². The fraction of sp³-hybridized carbons (Fsp3) is 0.435. The van der Waals surface area contributed by atoms with E-state index < -0.39 is 12.0 Å². The van der Waals surface area contributed by atoms with Gasteiger partial charge < -0.3 is 4.74 Å². The number of amides is 1. The monoisotopic (exact) mass is 412 g/mol. The maximum absolute atomic E-state index is 13.1. The Morgan fingerprint density at radius 2 is 1.97 bits per heavy atom. The Morgan fingerprint density at radius 3 is 2.52 bits per heavy atom. The van der Waals surface area contributed by atoms with E-state index in [0.717, 1.165) is 5.56 Å². The van der Waals surface area contributed by atoms with Crippen LogP contribution in [0.2, 0.25) is 0 Å². The number of esters is 1. The Bertz CT molecular complexity index is 894. The molecule has 0 saturated carbocycles. The SMILES string of the molecule is C=CCOC(=O)C1=C(C)N=C2S[C@H](CC)C(=O)N2[C@@H]1c1ccc(C(C)(C)C)cc1. The first-order valence-electron chi connectivity index (χ1n) is 9.86. The Balaban J connectivity index is 2.09. The van der Waals surface area contributed by atoms with E-state index in [-0.39, 0.29) is 23.2 Å². The molecule has 0 radical (unpaired) electrons. The van der Waals surface area contributed by atoms with E-state index in [2.05, 4.69) is 44.5 Å². The van der Waals surface area contributed by atoms with E-state index in [1.807, 2.05) is 19.1 Å². The molecule has 3 rings (SSSR count). The molecule has 0 unspecified atom stereocenters. The fourth-order valence-electron chi connectivity index (χ4n) is 3.54. The number of nitrogens with zero attached hydrogens (tertiary/aromatic N) is 2. The standard InChI is InChI=1S/C23H28N2O3S/c1-7-13-28-21(27)18-14(3)24-22-25(20(26)17(8-2)29-22)19(18)15-9-11-16(12-10-15)23(4,5)6/h7,9-12,17,19H,1,8,13H2,2-6H3/t17-,19-/m1/s1. The first-order valence-corrected chi connectivity index (χ1v) is 10.7. The largest absolute Gasteiger partial charge is 0.458 e. The summed E-state index contributed by atoms with van der Waals surface area (Å²) in [7, 11) is 0. The van der Waals surface area contributed by atoms with Crippen molar-refractivity contribution in [2.45, 2.75) is 57.7 Å². The summed E-state index contributed by atoms with van der Waals surface area (Å²) in [5.74, 6) is -0.476. The molecule has 0 aliphatic carbocycles. The van der Waals surface area contributed by atoms with Crippen LogP contribution in [-0.4, -0.2) is 33.8 Å². The van der Waals surface area contributed by atoms with Crippen LogP contribution < -0.4 is 0 Å². The number of thioether (sulfide) groups is 1. The van der Waals surface area contributed by atoms with Crippen LogP contribution in [0.3, 0.4) is 0 Å². The molecule has 2 aliphatic heterocycles. The van der Waals surface area contributed by atoms with Crippen LogP contribution in [0.25, 0.3) is 0 Å². The highest BCUT2D eigenvalue weighted by molar-refractivity contribution is 8.15. The zero-order valence-electron chi connectivity index (χ0n) is 17.7. The molecule has 154 valence electrons. The smallest absolute Gasteiger partial charge is 0.338 e. The molecule has 29 heavy (non-hydrogen) atoms. The van der Waals surface area contributed by atoms with Crippen molar-refractivity contribution in [3.63, 3.8) is 0 Å². The van der Waals surface area contributed by atoms with Gasteiger partial charge in [-0.15, -0.1) is 0 Å². The number of carbonyl (C=O) groups excluding carboxylic acids is 2. The molecule has 2 aliphatic rings. The lowest BCUT2D eigenvalue weighted by molar-refractivity contribution is -0.139. The van der Waals surface area contributed by atoms with E-state index in [1.165, 1.54) is 23.4 Å². The van der Waals surface area contributed by atoms with Crippen molar-refractivity contribution in [3.05, 3.63) is 59.3 Å². The molecule has 0 bridgehead atoms.